The Morgan fingerprint density at radius 1 is 0.864 bits per heavy atom. The van der Waals surface area contributed by atoms with E-state index in [1.807, 2.05) is 0 Å². The second kappa shape index (κ2) is 5.13. The Morgan fingerprint density at radius 3 is 2.64 bits per heavy atom. The van der Waals surface area contributed by atoms with Gasteiger partial charge in [-0.05, 0) is 74.5 Å². The topological polar surface area (TPSA) is 18.5 Å². The van der Waals surface area contributed by atoms with Crippen LogP contribution in [0.5, 0.6) is 0 Å². The molecular formula is C19H30O2S. The van der Waals surface area contributed by atoms with Crippen molar-refractivity contribution < 1.29 is 8.37 Å². The second-order valence-electron chi connectivity index (χ2n) is 9.12. The molecule has 0 bridgehead atoms. The van der Waals surface area contributed by atoms with Gasteiger partial charge in [0, 0.05) is 5.41 Å². The number of fused-ring (bicyclic) bond motifs is 6. The Balaban J connectivity index is 1.44. The fourth-order valence-electron chi connectivity index (χ4n) is 7.53. The van der Waals surface area contributed by atoms with E-state index in [0.29, 0.717) is 5.41 Å². The van der Waals surface area contributed by atoms with Crippen LogP contribution in [0.3, 0.4) is 0 Å². The van der Waals surface area contributed by atoms with Gasteiger partial charge < -0.3 is 0 Å². The van der Waals surface area contributed by atoms with Gasteiger partial charge in [-0.3, -0.25) is 8.37 Å². The molecule has 1 aliphatic heterocycles. The van der Waals surface area contributed by atoms with Gasteiger partial charge in [0.05, 0.1) is 6.61 Å². The van der Waals surface area contributed by atoms with E-state index in [-0.39, 0.29) is 5.60 Å². The van der Waals surface area contributed by atoms with E-state index in [1.54, 1.807) is 0 Å². The van der Waals surface area contributed by atoms with Crippen LogP contribution in [-0.2, 0) is 8.37 Å². The fraction of sp³-hybridized carbons (Fsp3) is 1.00. The maximum Gasteiger partial charge on any atom is 0.159 e. The van der Waals surface area contributed by atoms with E-state index in [2.05, 4.69) is 6.92 Å². The van der Waals surface area contributed by atoms with E-state index in [4.69, 9.17) is 8.37 Å². The summed E-state index contributed by atoms with van der Waals surface area (Å²) in [5.41, 5.74) is 0.413. The quantitative estimate of drug-likeness (QED) is 0.558. The Bertz CT molecular complexity index is 447. The minimum atomic E-state index is 0.0384. The molecule has 1 saturated heterocycles. The first-order chi connectivity index (χ1) is 10.7. The highest BCUT2D eigenvalue weighted by Crippen LogP contribution is 2.67. The molecular weight excluding hydrogens is 292 g/mol. The molecule has 1 heterocycles. The van der Waals surface area contributed by atoms with Gasteiger partial charge in [0.25, 0.3) is 0 Å². The van der Waals surface area contributed by atoms with Gasteiger partial charge >= 0.3 is 0 Å². The maximum absolute atomic E-state index is 6.15. The molecule has 3 heteroatoms. The van der Waals surface area contributed by atoms with Gasteiger partial charge in [0.1, 0.15) is 5.60 Å². The predicted molar refractivity (Wildman–Crippen MR) is 89.1 cm³/mol. The smallest absolute Gasteiger partial charge is 0.159 e. The summed E-state index contributed by atoms with van der Waals surface area (Å²) in [6.45, 7) is 3.37. The molecule has 5 aliphatic rings. The molecule has 124 valence electrons. The van der Waals surface area contributed by atoms with Gasteiger partial charge in [0.2, 0.25) is 0 Å². The van der Waals surface area contributed by atoms with Crippen LogP contribution in [0, 0.1) is 35.0 Å². The summed E-state index contributed by atoms with van der Waals surface area (Å²) in [6.07, 6.45) is 14.6. The van der Waals surface area contributed by atoms with E-state index < -0.39 is 0 Å². The molecule has 0 aromatic heterocycles. The van der Waals surface area contributed by atoms with Crippen molar-refractivity contribution >= 4 is 12.3 Å². The summed E-state index contributed by atoms with van der Waals surface area (Å²) >= 11 is 1.27. The van der Waals surface area contributed by atoms with Crippen LogP contribution in [0.2, 0.25) is 0 Å². The summed E-state index contributed by atoms with van der Waals surface area (Å²) in [5, 5.41) is 0. The van der Waals surface area contributed by atoms with Crippen LogP contribution in [0.15, 0.2) is 0 Å². The van der Waals surface area contributed by atoms with Crippen molar-refractivity contribution in [2.24, 2.45) is 35.0 Å². The Morgan fingerprint density at radius 2 is 1.77 bits per heavy atom. The zero-order chi connectivity index (χ0) is 14.8. The lowest BCUT2D eigenvalue weighted by Crippen LogP contribution is -2.54. The Labute approximate surface area is 139 Å². The van der Waals surface area contributed by atoms with Crippen LogP contribution in [0.4, 0.5) is 0 Å². The summed E-state index contributed by atoms with van der Waals surface area (Å²) in [7, 11) is 0. The maximum atomic E-state index is 6.15. The number of hydrogen-bond acceptors (Lipinski definition) is 3. The van der Waals surface area contributed by atoms with E-state index >= 15 is 0 Å². The highest BCUT2D eigenvalue weighted by molar-refractivity contribution is 7.90. The molecule has 0 aromatic carbocycles. The third-order valence-corrected chi connectivity index (χ3v) is 9.31. The molecule has 0 N–H and O–H groups in total. The van der Waals surface area contributed by atoms with Crippen LogP contribution < -0.4 is 0 Å². The first-order valence-electron chi connectivity index (χ1n) is 9.71. The lowest BCUT2D eigenvalue weighted by molar-refractivity contribution is -0.108. The standard InChI is InChI=1S/C19H30O2S/c1-18-10-8-15-14-5-3-2-4-13(14)6-7-16(15)17(18)9-11-19(18)12-20-22-21-19/h13-17H,2-12H2,1H3. The van der Waals surface area contributed by atoms with Crippen molar-refractivity contribution in [1.82, 2.24) is 0 Å². The normalized spacial score (nSPS) is 57.4. The summed E-state index contributed by atoms with van der Waals surface area (Å²) < 4.78 is 11.8. The monoisotopic (exact) mass is 322 g/mol. The lowest BCUT2D eigenvalue weighted by atomic mass is 9.49. The first-order valence-corrected chi connectivity index (χ1v) is 10.4. The lowest BCUT2D eigenvalue weighted by Gasteiger charge is -2.56. The zero-order valence-electron chi connectivity index (χ0n) is 13.9. The molecule has 4 saturated carbocycles. The third kappa shape index (κ3) is 1.82. The summed E-state index contributed by atoms with van der Waals surface area (Å²) in [4.78, 5) is 0. The SMILES string of the molecule is CC12CCC3C4CCCCC4CCC3C1CCC21COSO1. The molecule has 5 rings (SSSR count). The third-order valence-electron chi connectivity index (χ3n) is 8.70. The molecule has 0 amide bonds. The van der Waals surface area contributed by atoms with Crippen LogP contribution >= 0.6 is 12.3 Å². The summed E-state index contributed by atoms with van der Waals surface area (Å²) in [6, 6.07) is 0. The van der Waals surface area contributed by atoms with Crippen molar-refractivity contribution in [2.75, 3.05) is 6.61 Å². The number of hydrogen-bond donors (Lipinski definition) is 0. The van der Waals surface area contributed by atoms with E-state index in [0.717, 1.165) is 36.2 Å². The molecule has 7 unspecified atom stereocenters. The highest BCUT2D eigenvalue weighted by atomic mass is 32.2. The summed E-state index contributed by atoms with van der Waals surface area (Å²) in [5.74, 6) is 5.09. The fourth-order valence-corrected chi connectivity index (χ4v) is 8.27. The van der Waals surface area contributed by atoms with Crippen molar-refractivity contribution in [1.29, 1.82) is 0 Å². The van der Waals surface area contributed by atoms with E-state index in [9.17, 15) is 0 Å². The van der Waals surface area contributed by atoms with Gasteiger partial charge in [-0.1, -0.05) is 26.2 Å². The largest absolute Gasteiger partial charge is 0.288 e. The zero-order valence-corrected chi connectivity index (χ0v) is 14.7. The molecule has 5 fully saturated rings. The van der Waals surface area contributed by atoms with Gasteiger partial charge in [-0.2, -0.15) is 0 Å². The Hall–Kier alpha value is 0.270. The van der Waals surface area contributed by atoms with E-state index in [1.165, 1.54) is 76.5 Å². The minimum absolute atomic E-state index is 0.0384. The molecule has 22 heavy (non-hydrogen) atoms. The average molecular weight is 323 g/mol. The molecule has 7 atom stereocenters. The average Bonchev–Trinajstić information content (AvgIpc) is 3.14. The molecule has 0 aromatic rings. The predicted octanol–water partition coefficient (Wildman–Crippen LogP) is 5.38. The van der Waals surface area contributed by atoms with Crippen molar-refractivity contribution in [3.63, 3.8) is 0 Å². The van der Waals surface area contributed by atoms with Gasteiger partial charge in [-0.15, -0.1) is 0 Å². The Kier molecular flexibility index (Phi) is 3.41. The van der Waals surface area contributed by atoms with Crippen LogP contribution in [0.25, 0.3) is 0 Å². The molecule has 4 aliphatic carbocycles. The molecule has 2 nitrogen and oxygen atoms in total. The first kappa shape index (κ1) is 14.6. The van der Waals surface area contributed by atoms with Crippen molar-refractivity contribution in [3.8, 4) is 0 Å². The second-order valence-corrected chi connectivity index (χ2v) is 9.66. The van der Waals surface area contributed by atoms with Crippen molar-refractivity contribution in [2.45, 2.75) is 76.7 Å². The molecule has 0 radical (unpaired) electrons. The minimum Gasteiger partial charge on any atom is -0.288 e. The molecule has 1 spiro atoms. The number of rotatable bonds is 0. The van der Waals surface area contributed by atoms with Crippen molar-refractivity contribution in [3.05, 3.63) is 0 Å². The van der Waals surface area contributed by atoms with Gasteiger partial charge in [0.15, 0.2) is 12.3 Å². The highest BCUT2D eigenvalue weighted by Gasteiger charge is 2.65. The van der Waals surface area contributed by atoms with Crippen LogP contribution in [-0.4, -0.2) is 12.2 Å². The van der Waals surface area contributed by atoms with Crippen LogP contribution in [0.1, 0.15) is 71.1 Å². The van der Waals surface area contributed by atoms with Gasteiger partial charge in [-0.25, -0.2) is 0 Å².